The zero-order valence-corrected chi connectivity index (χ0v) is 33.3. The fourth-order valence-corrected chi connectivity index (χ4v) is 8.35. The summed E-state index contributed by atoms with van der Waals surface area (Å²) >= 11 is 0. The molecule has 7 aromatic carbocycles. The monoisotopic (exact) mass is 742 g/mol. The van der Waals surface area contributed by atoms with Crippen molar-refractivity contribution < 1.29 is 0 Å². The Hall–Kier alpha value is -6.65. The van der Waals surface area contributed by atoms with Gasteiger partial charge in [0.25, 0.3) is 0 Å². The maximum absolute atomic E-state index is 4.76. The highest BCUT2D eigenvalue weighted by Crippen LogP contribution is 2.44. The minimum absolute atomic E-state index is 0.272. The summed E-state index contributed by atoms with van der Waals surface area (Å²) in [5, 5.41) is 0. The molecule has 0 fully saturated rings. The number of hydrogen-bond donors (Lipinski definition) is 0. The van der Waals surface area contributed by atoms with Crippen molar-refractivity contribution in [1.82, 2.24) is 9.55 Å². The second-order valence-corrected chi connectivity index (χ2v) is 15.0. The van der Waals surface area contributed by atoms with Crippen LogP contribution in [-0.2, 0) is 0 Å². The second kappa shape index (κ2) is 17.0. The zero-order chi connectivity index (χ0) is 39.1. The average Bonchev–Trinajstić information content (AvgIpc) is 3.74. The predicted octanol–water partition coefficient (Wildman–Crippen LogP) is 14.8. The highest BCUT2D eigenvalue weighted by atomic mass is 15.2. The van der Waals surface area contributed by atoms with Gasteiger partial charge in [-0.05, 0) is 128 Å². The minimum atomic E-state index is 0.272. The molecule has 4 heteroatoms. The van der Waals surface area contributed by atoms with Crippen molar-refractivity contribution in [2.24, 2.45) is 0 Å². The van der Waals surface area contributed by atoms with Crippen LogP contribution in [0, 0.1) is 13.8 Å². The summed E-state index contributed by atoms with van der Waals surface area (Å²) in [6.07, 6.45) is 6.06. The summed E-state index contributed by atoms with van der Waals surface area (Å²) in [5.74, 6) is 1.62. The summed E-state index contributed by atoms with van der Waals surface area (Å²) in [6.45, 7) is 9.23. The maximum atomic E-state index is 4.76. The summed E-state index contributed by atoms with van der Waals surface area (Å²) in [5.41, 5.74) is 14.3. The molecule has 57 heavy (non-hydrogen) atoms. The standard InChI is InChI=1S/C53H50N4/c1-5-42(45-34-40(3)52(41(4)35-45)55-32-31-54-53(55)43-21-11-6-12-22-43)33-39(2)44-36-50(56(46-23-13-7-14-24-46)47-25-15-8-16-26-47)38-51(37-44)57(48-27-17-9-18-28-48)49-29-19-10-20-30-49/h6-32,34-39,42H,5,33H2,1-4H3. The van der Waals surface area contributed by atoms with Crippen molar-refractivity contribution in [1.29, 1.82) is 0 Å². The van der Waals surface area contributed by atoms with Gasteiger partial charge in [-0.15, -0.1) is 0 Å². The Morgan fingerprint density at radius 3 is 1.35 bits per heavy atom. The van der Waals surface area contributed by atoms with Crippen LogP contribution >= 0.6 is 0 Å². The Morgan fingerprint density at radius 1 is 0.509 bits per heavy atom. The van der Waals surface area contributed by atoms with Gasteiger partial charge < -0.3 is 9.80 Å². The average molecular weight is 743 g/mol. The Balaban J connectivity index is 1.21. The highest BCUT2D eigenvalue weighted by molar-refractivity contribution is 5.83. The van der Waals surface area contributed by atoms with Crippen molar-refractivity contribution in [3.8, 4) is 17.1 Å². The predicted molar refractivity (Wildman–Crippen MR) is 240 cm³/mol. The number of hydrogen-bond acceptors (Lipinski definition) is 3. The summed E-state index contributed by atoms with van der Waals surface area (Å²) < 4.78 is 2.25. The number of aryl methyl sites for hydroxylation is 2. The molecule has 282 valence electrons. The van der Waals surface area contributed by atoms with Crippen LogP contribution in [0.2, 0.25) is 0 Å². The molecular formula is C53H50N4. The van der Waals surface area contributed by atoms with Gasteiger partial charge in [0.1, 0.15) is 5.82 Å². The fraction of sp³-hybridized carbons (Fsp3) is 0.151. The summed E-state index contributed by atoms with van der Waals surface area (Å²) in [7, 11) is 0. The van der Waals surface area contributed by atoms with E-state index in [-0.39, 0.29) is 5.92 Å². The molecular weight excluding hydrogens is 693 g/mol. The van der Waals surface area contributed by atoms with Crippen LogP contribution in [-0.4, -0.2) is 9.55 Å². The van der Waals surface area contributed by atoms with Crippen LogP contribution in [0.5, 0.6) is 0 Å². The highest BCUT2D eigenvalue weighted by Gasteiger charge is 2.23. The first kappa shape index (κ1) is 37.3. The van der Waals surface area contributed by atoms with Gasteiger partial charge in [-0.25, -0.2) is 4.98 Å². The zero-order valence-electron chi connectivity index (χ0n) is 33.3. The molecule has 1 heterocycles. The van der Waals surface area contributed by atoms with Crippen LogP contribution < -0.4 is 9.80 Å². The number of aromatic nitrogens is 2. The normalized spacial score (nSPS) is 12.2. The van der Waals surface area contributed by atoms with E-state index >= 15 is 0 Å². The summed E-state index contributed by atoms with van der Waals surface area (Å²) in [4.78, 5) is 9.53. The van der Waals surface area contributed by atoms with E-state index in [1.807, 2.05) is 6.20 Å². The van der Waals surface area contributed by atoms with Crippen LogP contribution in [0.4, 0.5) is 34.1 Å². The smallest absolute Gasteiger partial charge is 0.144 e. The first-order chi connectivity index (χ1) is 28.0. The van der Waals surface area contributed by atoms with E-state index in [4.69, 9.17) is 4.98 Å². The van der Waals surface area contributed by atoms with E-state index in [1.165, 1.54) is 27.9 Å². The van der Waals surface area contributed by atoms with Gasteiger partial charge >= 0.3 is 0 Å². The topological polar surface area (TPSA) is 24.3 Å². The Kier molecular flexibility index (Phi) is 11.1. The first-order valence-electron chi connectivity index (χ1n) is 20.1. The summed E-state index contributed by atoms with van der Waals surface area (Å²) in [6, 6.07) is 65.3. The molecule has 2 atom stereocenters. The van der Waals surface area contributed by atoms with Crippen LogP contribution in [0.25, 0.3) is 17.1 Å². The van der Waals surface area contributed by atoms with E-state index in [1.54, 1.807) is 0 Å². The second-order valence-electron chi connectivity index (χ2n) is 15.0. The third kappa shape index (κ3) is 8.03. The first-order valence-corrected chi connectivity index (χ1v) is 20.1. The molecule has 0 saturated heterocycles. The number of para-hydroxylation sites is 4. The van der Waals surface area contributed by atoms with Gasteiger partial charge in [0, 0.05) is 52.1 Å². The molecule has 0 aliphatic heterocycles. The lowest BCUT2D eigenvalue weighted by molar-refractivity contribution is 0.544. The van der Waals surface area contributed by atoms with Crippen LogP contribution in [0.15, 0.2) is 194 Å². The molecule has 8 aromatic rings. The van der Waals surface area contributed by atoms with Crippen molar-refractivity contribution in [2.75, 3.05) is 9.80 Å². The molecule has 0 bridgehead atoms. The molecule has 2 unspecified atom stereocenters. The number of anilines is 6. The third-order valence-corrected chi connectivity index (χ3v) is 11.1. The number of rotatable bonds is 13. The fourth-order valence-electron chi connectivity index (χ4n) is 8.35. The van der Waals surface area contributed by atoms with Crippen molar-refractivity contribution in [3.63, 3.8) is 0 Å². The molecule has 0 radical (unpaired) electrons. The molecule has 1 aromatic heterocycles. The number of imidazole rings is 1. The van der Waals surface area contributed by atoms with Crippen molar-refractivity contribution in [2.45, 2.75) is 52.4 Å². The molecule has 0 amide bonds. The van der Waals surface area contributed by atoms with E-state index in [9.17, 15) is 0 Å². The van der Waals surface area contributed by atoms with E-state index < -0.39 is 0 Å². The van der Waals surface area contributed by atoms with E-state index in [2.05, 4.69) is 230 Å². The van der Waals surface area contributed by atoms with Crippen LogP contribution in [0.3, 0.4) is 0 Å². The largest absolute Gasteiger partial charge is 0.310 e. The van der Waals surface area contributed by atoms with Gasteiger partial charge in [-0.2, -0.15) is 0 Å². The SMILES string of the molecule is CCC(CC(C)c1cc(N(c2ccccc2)c2ccccc2)cc(N(c2ccccc2)c2ccccc2)c1)c1cc(C)c(-n2ccnc2-c2ccccc2)c(C)c1. The van der Waals surface area contributed by atoms with Gasteiger partial charge in [0.2, 0.25) is 0 Å². The third-order valence-electron chi connectivity index (χ3n) is 11.1. The van der Waals surface area contributed by atoms with Gasteiger partial charge in [0.05, 0.1) is 5.69 Å². The molecule has 8 rings (SSSR count). The number of benzene rings is 7. The quantitative estimate of drug-likeness (QED) is 0.118. The molecule has 0 N–H and O–H groups in total. The Bertz CT molecular complexity index is 2310. The lowest BCUT2D eigenvalue weighted by Crippen LogP contribution is -2.15. The molecule has 0 saturated carbocycles. The van der Waals surface area contributed by atoms with Crippen LogP contribution in [0.1, 0.15) is 60.8 Å². The maximum Gasteiger partial charge on any atom is 0.144 e. The lowest BCUT2D eigenvalue weighted by atomic mass is 9.83. The van der Waals surface area contributed by atoms with E-state index in [0.717, 1.165) is 58.4 Å². The van der Waals surface area contributed by atoms with Crippen molar-refractivity contribution in [3.05, 3.63) is 217 Å². The molecule has 0 aliphatic rings. The van der Waals surface area contributed by atoms with Gasteiger partial charge in [-0.3, -0.25) is 4.57 Å². The van der Waals surface area contributed by atoms with E-state index in [0.29, 0.717) is 5.92 Å². The number of nitrogens with zero attached hydrogens (tertiary/aromatic N) is 4. The van der Waals surface area contributed by atoms with Gasteiger partial charge in [-0.1, -0.05) is 129 Å². The molecule has 0 spiro atoms. The van der Waals surface area contributed by atoms with Crippen molar-refractivity contribution >= 4 is 34.1 Å². The molecule has 4 nitrogen and oxygen atoms in total. The Morgan fingerprint density at radius 2 is 0.930 bits per heavy atom. The minimum Gasteiger partial charge on any atom is -0.310 e. The van der Waals surface area contributed by atoms with Gasteiger partial charge in [0.15, 0.2) is 0 Å². The Labute approximate surface area is 338 Å². The lowest BCUT2D eigenvalue weighted by Gasteiger charge is -2.31. The molecule has 0 aliphatic carbocycles.